The third-order valence-corrected chi connectivity index (χ3v) is 7.44. The highest BCUT2D eigenvalue weighted by Gasteiger charge is 2.24. The fourth-order valence-electron chi connectivity index (χ4n) is 2.46. The van der Waals surface area contributed by atoms with Gasteiger partial charge < -0.3 is 0 Å². The van der Waals surface area contributed by atoms with Gasteiger partial charge in [-0.15, -0.1) is 11.3 Å². The Bertz CT molecular complexity index is 534. The van der Waals surface area contributed by atoms with E-state index in [4.69, 9.17) is 5.84 Å². The second-order valence-electron chi connectivity index (χ2n) is 4.72. The molecular formula is C14H18N2S3. The standard InChI is InChI=1S/C14H18N2S3/c15-16-12(14-9-17-5-6-18-14)7-10-8-19-13-4-2-1-3-11(10)13/h1-4,8,12,14,16H,5-7,9,15H2. The van der Waals surface area contributed by atoms with E-state index in [1.807, 2.05) is 23.1 Å². The molecule has 2 atom stereocenters. The summed E-state index contributed by atoms with van der Waals surface area (Å²) in [6.07, 6.45) is 1.03. The molecule has 3 rings (SSSR count). The maximum atomic E-state index is 5.80. The molecule has 1 aromatic heterocycles. The minimum absolute atomic E-state index is 0.371. The number of hydrogen-bond acceptors (Lipinski definition) is 5. The van der Waals surface area contributed by atoms with Gasteiger partial charge in [-0.3, -0.25) is 11.3 Å². The molecule has 3 N–H and O–H groups in total. The van der Waals surface area contributed by atoms with Gasteiger partial charge in [0.15, 0.2) is 0 Å². The van der Waals surface area contributed by atoms with Crippen LogP contribution in [-0.4, -0.2) is 28.6 Å². The van der Waals surface area contributed by atoms with Crippen LogP contribution < -0.4 is 11.3 Å². The molecule has 1 fully saturated rings. The zero-order chi connectivity index (χ0) is 13.1. The molecule has 1 aromatic carbocycles. The summed E-state index contributed by atoms with van der Waals surface area (Å²) in [7, 11) is 0. The number of fused-ring (bicyclic) bond motifs is 1. The van der Waals surface area contributed by atoms with Gasteiger partial charge in [-0.2, -0.15) is 23.5 Å². The van der Waals surface area contributed by atoms with Crippen molar-refractivity contribution in [1.82, 2.24) is 5.43 Å². The molecular weight excluding hydrogens is 292 g/mol. The summed E-state index contributed by atoms with van der Waals surface area (Å²) in [6.45, 7) is 0. The molecule has 5 heteroatoms. The first-order valence-electron chi connectivity index (χ1n) is 6.49. The Labute approximate surface area is 126 Å². The average Bonchev–Trinajstić information content (AvgIpc) is 2.89. The van der Waals surface area contributed by atoms with E-state index in [0.29, 0.717) is 11.3 Å². The van der Waals surface area contributed by atoms with Crippen LogP contribution >= 0.6 is 34.9 Å². The van der Waals surface area contributed by atoms with E-state index in [1.54, 1.807) is 0 Å². The van der Waals surface area contributed by atoms with Crippen LogP contribution in [0.3, 0.4) is 0 Å². The number of thioether (sulfide) groups is 2. The second kappa shape index (κ2) is 6.50. The molecule has 0 bridgehead atoms. The van der Waals surface area contributed by atoms with Gasteiger partial charge in [0.2, 0.25) is 0 Å². The van der Waals surface area contributed by atoms with E-state index in [-0.39, 0.29) is 0 Å². The lowest BCUT2D eigenvalue weighted by atomic mass is 10.0. The smallest absolute Gasteiger partial charge is 0.0378 e. The molecule has 1 aliphatic rings. The summed E-state index contributed by atoms with van der Waals surface area (Å²) in [5.74, 6) is 9.53. The summed E-state index contributed by atoms with van der Waals surface area (Å²) in [4.78, 5) is 0. The molecule has 0 amide bonds. The van der Waals surface area contributed by atoms with E-state index < -0.39 is 0 Å². The zero-order valence-corrected chi connectivity index (χ0v) is 13.1. The molecule has 19 heavy (non-hydrogen) atoms. The fraction of sp³-hybridized carbons (Fsp3) is 0.429. The van der Waals surface area contributed by atoms with E-state index in [2.05, 4.69) is 46.8 Å². The van der Waals surface area contributed by atoms with E-state index in [0.717, 1.165) is 6.42 Å². The molecule has 0 saturated carbocycles. The number of nitrogens with two attached hydrogens (primary N) is 1. The van der Waals surface area contributed by atoms with Crippen LogP contribution in [0, 0.1) is 0 Å². The lowest BCUT2D eigenvalue weighted by molar-refractivity contribution is 0.525. The minimum atomic E-state index is 0.371. The van der Waals surface area contributed by atoms with Gasteiger partial charge in [-0.25, -0.2) is 0 Å². The van der Waals surface area contributed by atoms with E-state index in [1.165, 1.54) is 32.9 Å². The van der Waals surface area contributed by atoms with Gasteiger partial charge in [0.1, 0.15) is 0 Å². The monoisotopic (exact) mass is 310 g/mol. The van der Waals surface area contributed by atoms with Crippen LogP contribution in [0.2, 0.25) is 0 Å². The molecule has 102 valence electrons. The highest BCUT2D eigenvalue weighted by molar-refractivity contribution is 8.06. The van der Waals surface area contributed by atoms with Crippen molar-refractivity contribution >= 4 is 44.9 Å². The highest BCUT2D eigenvalue weighted by Crippen LogP contribution is 2.31. The van der Waals surface area contributed by atoms with Gasteiger partial charge in [-0.05, 0) is 28.8 Å². The predicted octanol–water partition coefficient (Wildman–Crippen LogP) is 3.12. The lowest BCUT2D eigenvalue weighted by Crippen LogP contribution is -2.46. The maximum absolute atomic E-state index is 5.80. The Balaban J connectivity index is 1.78. The third kappa shape index (κ3) is 3.11. The molecule has 2 aromatic rings. The summed E-state index contributed by atoms with van der Waals surface area (Å²) >= 11 is 5.94. The molecule has 1 aliphatic heterocycles. The van der Waals surface area contributed by atoms with Gasteiger partial charge in [0.25, 0.3) is 0 Å². The lowest BCUT2D eigenvalue weighted by Gasteiger charge is -2.28. The molecule has 2 nitrogen and oxygen atoms in total. The Morgan fingerprint density at radius 2 is 2.21 bits per heavy atom. The number of hydrazine groups is 1. The first-order valence-corrected chi connectivity index (χ1v) is 9.57. The normalized spacial score (nSPS) is 21.6. The van der Waals surface area contributed by atoms with Crippen LogP contribution in [0.15, 0.2) is 29.6 Å². The Morgan fingerprint density at radius 1 is 1.32 bits per heavy atom. The maximum Gasteiger partial charge on any atom is 0.0378 e. The van der Waals surface area contributed by atoms with Crippen LogP contribution in [-0.2, 0) is 6.42 Å². The molecule has 0 aliphatic carbocycles. The summed E-state index contributed by atoms with van der Waals surface area (Å²) < 4.78 is 1.37. The topological polar surface area (TPSA) is 38.0 Å². The highest BCUT2D eigenvalue weighted by atomic mass is 32.2. The first-order chi connectivity index (χ1) is 9.38. The van der Waals surface area contributed by atoms with Crippen LogP contribution in [0.4, 0.5) is 0 Å². The van der Waals surface area contributed by atoms with Crippen LogP contribution in [0.1, 0.15) is 5.56 Å². The van der Waals surface area contributed by atoms with Crippen molar-refractivity contribution in [2.45, 2.75) is 17.7 Å². The summed E-state index contributed by atoms with van der Waals surface area (Å²) in [6, 6.07) is 9.01. The van der Waals surface area contributed by atoms with Crippen molar-refractivity contribution in [3.8, 4) is 0 Å². The number of nitrogens with one attached hydrogen (secondary N) is 1. The third-order valence-electron chi connectivity index (χ3n) is 3.51. The number of thiophene rings is 1. The average molecular weight is 311 g/mol. The molecule has 2 heterocycles. The van der Waals surface area contributed by atoms with Crippen molar-refractivity contribution in [2.24, 2.45) is 5.84 Å². The van der Waals surface area contributed by atoms with E-state index >= 15 is 0 Å². The van der Waals surface area contributed by atoms with Gasteiger partial charge in [0, 0.05) is 33.3 Å². The van der Waals surface area contributed by atoms with Crippen molar-refractivity contribution in [2.75, 3.05) is 17.3 Å². The predicted molar refractivity (Wildman–Crippen MR) is 90.2 cm³/mol. The minimum Gasteiger partial charge on any atom is -0.271 e. The molecule has 2 unspecified atom stereocenters. The van der Waals surface area contributed by atoms with Crippen LogP contribution in [0.5, 0.6) is 0 Å². The summed E-state index contributed by atoms with van der Waals surface area (Å²) in [5, 5.41) is 4.30. The summed E-state index contributed by atoms with van der Waals surface area (Å²) in [5.41, 5.74) is 4.48. The van der Waals surface area contributed by atoms with Gasteiger partial charge in [0.05, 0.1) is 0 Å². The Morgan fingerprint density at radius 3 is 3.00 bits per heavy atom. The quantitative estimate of drug-likeness (QED) is 0.672. The number of rotatable bonds is 4. The van der Waals surface area contributed by atoms with Crippen molar-refractivity contribution in [3.63, 3.8) is 0 Å². The molecule has 0 radical (unpaired) electrons. The zero-order valence-electron chi connectivity index (χ0n) is 10.7. The Kier molecular flexibility index (Phi) is 4.71. The van der Waals surface area contributed by atoms with Crippen LogP contribution in [0.25, 0.3) is 10.1 Å². The van der Waals surface area contributed by atoms with Crippen molar-refractivity contribution in [3.05, 3.63) is 35.2 Å². The van der Waals surface area contributed by atoms with Gasteiger partial charge in [-0.1, -0.05) is 18.2 Å². The SMILES string of the molecule is NNC(Cc1csc2ccccc12)C1CSCCS1. The molecule has 0 spiro atoms. The van der Waals surface area contributed by atoms with E-state index in [9.17, 15) is 0 Å². The largest absolute Gasteiger partial charge is 0.271 e. The number of benzene rings is 1. The fourth-order valence-corrected chi connectivity index (χ4v) is 6.31. The number of hydrogen-bond donors (Lipinski definition) is 2. The van der Waals surface area contributed by atoms with Gasteiger partial charge >= 0.3 is 0 Å². The molecule has 1 saturated heterocycles. The second-order valence-corrected chi connectivity index (χ2v) is 8.13. The van der Waals surface area contributed by atoms with Crippen molar-refractivity contribution < 1.29 is 0 Å². The van der Waals surface area contributed by atoms with Crippen molar-refractivity contribution in [1.29, 1.82) is 0 Å². The Hall–Kier alpha value is -0.200. The first kappa shape index (κ1) is 13.8.